The molecule has 1 amide bonds. The lowest BCUT2D eigenvalue weighted by Crippen LogP contribution is -2.48. The second-order valence-electron chi connectivity index (χ2n) is 5.78. The van der Waals surface area contributed by atoms with Crippen LogP contribution in [-0.4, -0.2) is 25.4 Å². The Kier molecular flexibility index (Phi) is 4.78. The van der Waals surface area contributed by atoms with E-state index in [1.165, 1.54) is 0 Å². The minimum atomic E-state index is -4.20. The number of amides is 1. The van der Waals surface area contributed by atoms with E-state index in [-0.39, 0.29) is 13.2 Å². The van der Waals surface area contributed by atoms with Crippen LogP contribution >= 0.6 is 0 Å². The highest BCUT2D eigenvalue weighted by Crippen LogP contribution is 2.41. The maximum atomic E-state index is 12.6. The number of carbonyl (C=O) groups excluding carboxylic acids is 1. The first-order chi connectivity index (χ1) is 12.0. The van der Waals surface area contributed by atoms with Crippen molar-refractivity contribution in [3.8, 4) is 0 Å². The molecule has 1 unspecified atom stereocenters. The van der Waals surface area contributed by atoms with Crippen molar-refractivity contribution in [2.45, 2.75) is 25.5 Å². The molecule has 0 aliphatic carbocycles. The van der Waals surface area contributed by atoms with Gasteiger partial charge in [-0.25, -0.2) is 4.79 Å². The Balaban J connectivity index is 1.91. The van der Waals surface area contributed by atoms with Crippen LogP contribution in [0.2, 0.25) is 0 Å². The van der Waals surface area contributed by atoms with Crippen molar-refractivity contribution in [2.24, 2.45) is 0 Å². The summed E-state index contributed by atoms with van der Waals surface area (Å²) in [6, 6.07) is 18.1. The molecule has 0 radical (unpaired) electrons. The molecule has 0 N–H and O–H groups in total. The molecule has 2 aromatic rings. The van der Waals surface area contributed by atoms with Gasteiger partial charge in [0.2, 0.25) is 0 Å². The first-order valence-electron chi connectivity index (χ1n) is 7.95. The smallest absolute Gasteiger partial charge is 0.426 e. The predicted molar refractivity (Wildman–Crippen MR) is 91.7 cm³/mol. The minimum Gasteiger partial charge on any atom is -0.444 e. The second kappa shape index (κ2) is 6.85. The van der Waals surface area contributed by atoms with Gasteiger partial charge in [-0.2, -0.15) is 12.7 Å². The van der Waals surface area contributed by atoms with Gasteiger partial charge in [0.25, 0.3) is 0 Å². The van der Waals surface area contributed by atoms with Crippen molar-refractivity contribution in [3.63, 3.8) is 0 Å². The van der Waals surface area contributed by atoms with Crippen LogP contribution in [0.25, 0.3) is 0 Å². The lowest BCUT2D eigenvalue weighted by atomic mass is 9.88. The number of benzene rings is 2. The summed E-state index contributed by atoms with van der Waals surface area (Å²) >= 11 is 0. The average molecular weight is 361 g/mol. The van der Waals surface area contributed by atoms with E-state index >= 15 is 0 Å². The van der Waals surface area contributed by atoms with Crippen LogP contribution in [-0.2, 0) is 31.4 Å². The van der Waals surface area contributed by atoms with E-state index in [0.717, 1.165) is 9.87 Å². The summed E-state index contributed by atoms with van der Waals surface area (Å²) in [5.74, 6) is 0. The Labute approximate surface area is 147 Å². The maximum absolute atomic E-state index is 12.6. The number of rotatable bonds is 4. The summed E-state index contributed by atoms with van der Waals surface area (Å²) < 4.78 is 35.7. The van der Waals surface area contributed by atoms with Gasteiger partial charge >= 0.3 is 16.4 Å². The van der Waals surface area contributed by atoms with Gasteiger partial charge in [0, 0.05) is 0 Å². The molecule has 0 saturated carbocycles. The highest BCUT2D eigenvalue weighted by atomic mass is 32.2. The molecule has 1 aliphatic rings. The number of ether oxygens (including phenoxy) is 1. The zero-order valence-electron chi connectivity index (χ0n) is 13.8. The second-order valence-corrected chi connectivity index (χ2v) is 7.23. The van der Waals surface area contributed by atoms with Crippen LogP contribution in [0.1, 0.15) is 24.5 Å². The van der Waals surface area contributed by atoms with Crippen LogP contribution in [0.5, 0.6) is 0 Å². The van der Waals surface area contributed by atoms with E-state index in [1.54, 1.807) is 36.4 Å². The summed E-state index contributed by atoms with van der Waals surface area (Å²) in [7, 11) is -4.20. The number of hydrogen-bond donors (Lipinski definition) is 0. The maximum Gasteiger partial charge on any atom is 0.426 e. The fraction of sp³-hybridized carbons (Fsp3) is 0.278. The third-order valence-corrected chi connectivity index (χ3v) is 5.69. The lowest BCUT2D eigenvalue weighted by molar-refractivity contribution is 0.0880. The third kappa shape index (κ3) is 3.25. The standard InChI is InChI=1S/C18H19NO5S/c1-2-18(16-11-7-4-8-12-16)14-24-25(21,22)19(18)17(20)23-13-15-9-5-3-6-10-15/h3-12H,2,13-14H2,1H3. The Bertz CT molecular complexity index is 838. The lowest BCUT2D eigenvalue weighted by Gasteiger charge is -2.33. The Morgan fingerprint density at radius 1 is 1.12 bits per heavy atom. The topological polar surface area (TPSA) is 72.9 Å². The van der Waals surface area contributed by atoms with E-state index in [2.05, 4.69) is 0 Å². The first-order valence-corrected chi connectivity index (χ1v) is 9.32. The van der Waals surface area contributed by atoms with Gasteiger partial charge < -0.3 is 4.74 Å². The van der Waals surface area contributed by atoms with Crippen LogP contribution in [0, 0.1) is 0 Å². The van der Waals surface area contributed by atoms with E-state index in [0.29, 0.717) is 12.0 Å². The van der Waals surface area contributed by atoms with Gasteiger partial charge in [-0.3, -0.25) is 4.18 Å². The molecule has 0 bridgehead atoms. The van der Waals surface area contributed by atoms with Gasteiger partial charge in [-0.05, 0) is 17.5 Å². The zero-order valence-corrected chi connectivity index (χ0v) is 14.6. The summed E-state index contributed by atoms with van der Waals surface area (Å²) in [4.78, 5) is 12.6. The van der Waals surface area contributed by atoms with Crippen molar-refractivity contribution < 1.29 is 22.1 Å². The fourth-order valence-electron chi connectivity index (χ4n) is 2.94. The van der Waals surface area contributed by atoms with Crippen LogP contribution in [0.15, 0.2) is 60.7 Å². The monoisotopic (exact) mass is 361 g/mol. The third-order valence-electron chi connectivity index (χ3n) is 4.33. The van der Waals surface area contributed by atoms with Crippen molar-refractivity contribution in [1.82, 2.24) is 4.31 Å². The predicted octanol–water partition coefficient (Wildman–Crippen LogP) is 3.21. The highest BCUT2D eigenvalue weighted by molar-refractivity contribution is 7.85. The Morgan fingerprint density at radius 2 is 1.72 bits per heavy atom. The van der Waals surface area contributed by atoms with Gasteiger partial charge in [-0.15, -0.1) is 0 Å². The van der Waals surface area contributed by atoms with Crippen molar-refractivity contribution in [3.05, 3.63) is 71.8 Å². The average Bonchev–Trinajstić information content (AvgIpc) is 2.93. The summed E-state index contributed by atoms with van der Waals surface area (Å²) in [6.45, 7) is 1.67. The highest BCUT2D eigenvalue weighted by Gasteiger charge is 2.55. The Morgan fingerprint density at radius 3 is 2.32 bits per heavy atom. The molecule has 1 heterocycles. The van der Waals surface area contributed by atoms with Crippen LogP contribution < -0.4 is 0 Å². The summed E-state index contributed by atoms with van der Waals surface area (Å²) in [5, 5.41) is 0. The van der Waals surface area contributed by atoms with Gasteiger partial charge in [0.15, 0.2) is 0 Å². The molecule has 1 fully saturated rings. The van der Waals surface area contributed by atoms with Gasteiger partial charge in [-0.1, -0.05) is 67.6 Å². The SMILES string of the molecule is CCC1(c2ccccc2)COS(=O)(=O)N1C(=O)OCc1ccccc1. The molecule has 7 heteroatoms. The molecule has 1 aliphatic heterocycles. The molecule has 6 nitrogen and oxygen atoms in total. The normalized spacial score (nSPS) is 21.9. The largest absolute Gasteiger partial charge is 0.444 e. The number of nitrogens with zero attached hydrogens (tertiary/aromatic N) is 1. The van der Waals surface area contributed by atoms with Gasteiger partial charge in [0.05, 0.1) is 6.61 Å². The molecule has 0 spiro atoms. The van der Waals surface area contributed by atoms with Crippen LogP contribution in [0.4, 0.5) is 4.79 Å². The minimum absolute atomic E-state index is 0.0136. The molecule has 1 atom stereocenters. The van der Waals surface area contributed by atoms with Crippen molar-refractivity contribution in [1.29, 1.82) is 0 Å². The molecular weight excluding hydrogens is 342 g/mol. The van der Waals surface area contributed by atoms with E-state index in [1.807, 2.05) is 31.2 Å². The molecule has 1 saturated heterocycles. The van der Waals surface area contributed by atoms with E-state index in [4.69, 9.17) is 8.92 Å². The summed E-state index contributed by atoms with van der Waals surface area (Å²) in [6.07, 6.45) is -0.566. The molecule has 132 valence electrons. The number of carbonyl (C=O) groups is 1. The first kappa shape index (κ1) is 17.4. The fourth-order valence-corrected chi connectivity index (χ4v) is 4.34. The van der Waals surface area contributed by atoms with E-state index < -0.39 is 21.9 Å². The molecule has 25 heavy (non-hydrogen) atoms. The van der Waals surface area contributed by atoms with Crippen molar-refractivity contribution >= 4 is 16.4 Å². The molecule has 0 aromatic heterocycles. The molecule has 2 aromatic carbocycles. The molecule has 3 rings (SSSR count). The van der Waals surface area contributed by atoms with E-state index in [9.17, 15) is 13.2 Å². The number of hydrogen-bond acceptors (Lipinski definition) is 5. The quantitative estimate of drug-likeness (QED) is 0.836. The Hall–Kier alpha value is -2.38. The van der Waals surface area contributed by atoms with Gasteiger partial charge in [0.1, 0.15) is 12.1 Å². The zero-order chi connectivity index (χ0) is 17.9. The van der Waals surface area contributed by atoms with Crippen molar-refractivity contribution in [2.75, 3.05) is 6.61 Å². The summed E-state index contributed by atoms with van der Waals surface area (Å²) in [5.41, 5.74) is 0.360. The van der Waals surface area contributed by atoms with Crippen LogP contribution in [0.3, 0.4) is 0 Å². The molecular formula is C18H19NO5S.